The van der Waals surface area contributed by atoms with Crippen LogP contribution in [0.3, 0.4) is 0 Å². The number of hydrogen-bond acceptors (Lipinski definition) is 3. The van der Waals surface area contributed by atoms with Crippen LogP contribution in [0.5, 0.6) is 0 Å². The second kappa shape index (κ2) is 4.20. The molecule has 3 aromatic heterocycles. The van der Waals surface area contributed by atoms with Crippen molar-refractivity contribution in [2.24, 2.45) is 0 Å². The Morgan fingerprint density at radius 3 is 2.67 bits per heavy atom. The fraction of sp³-hybridized carbons (Fsp3) is 0.0714. The van der Waals surface area contributed by atoms with Crippen LogP contribution in [-0.4, -0.2) is 29.5 Å². The van der Waals surface area contributed by atoms with E-state index in [0.717, 1.165) is 28.1 Å². The van der Waals surface area contributed by atoms with Gasteiger partial charge in [-0.1, -0.05) is 0 Å². The topological polar surface area (TPSA) is 95.2 Å². The first-order chi connectivity index (χ1) is 10.2. The van der Waals surface area contributed by atoms with Gasteiger partial charge in [0.05, 0.1) is 16.7 Å². The molecule has 0 aliphatic carbocycles. The van der Waals surface area contributed by atoms with Gasteiger partial charge in [0.15, 0.2) is 11.6 Å². The molecule has 104 valence electrons. The van der Waals surface area contributed by atoms with Gasteiger partial charge in [-0.15, -0.1) is 0 Å². The van der Waals surface area contributed by atoms with E-state index in [1.807, 2.05) is 29.8 Å². The normalized spacial score (nSPS) is 11.3. The second-order valence-corrected chi connectivity index (χ2v) is 4.82. The molecular weight excluding hydrogens is 268 g/mol. The standard InChI is InChI=1S/C14H12N6O/c1-8-6-9-10(19-14(21)18-9)7-11(8)20-5-4-17-13(20)12-15-2-3-16-12/h2-7H,1H3,(H,15,16)(H2,18,19,21). The average molecular weight is 280 g/mol. The SMILES string of the molecule is Cc1cc2[nH]c(=O)[nH]c2cc1-n1ccnc1-c1ncc[nH]1. The van der Waals surface area contributed by atoms with Gasteiger partial charge in [0.2, 0.25) is 0 Å². The fourth-order valence-corrected chi connectivity index (χ4v) is 2.50. The van der Waals surface area contributed by atoms with Crippen LogP contribution in [0, 0.1) is 6.92 Å². The van der Waals surface area contributed by atoms with Crippen molar-refractivity contribution in [3.63, 3.8) is 0 Å². The largest absolute Gasteiger partial charge is 0.342 e. The molecule has 3 N–H and O–H groups in total. The predicted molar refractivity (Wildman–Crippen MR) is 78.4 cm³/mol. The molecule has 0 unspecified atom stereocenters. The Labute approximate surface area is 118 Å². The summed E-state index contributed by atoms with van der Waals surface area (Å²) in [6, 6.07) is 3.87. The average Bonchev–Trinajstić information content (AvgIpc) is 3.16. The molecule has 0 saturated heterocycles. The Morgan fingerprint density at radius 2 is 1.90 bits per heavy atom. The predicted octanol–water partition coefficient (Wildman–Crippen LogP) is 1.74. The maximum atomic E-state index is 11.4. The molecule has 0 atom stereocenters. The van der Waals surface area contributed by atoms with E-state index in [2.05, 4.69) is 24.9 Å². The van der Waals surface area contributed by atoms with Gasteiger partial charge in [-0.3, -0.25) is 4.57 Å². The van der Waals surface area contributed by atoms with Crippen LogP contribution >= 0.6 is 0 Å². The molecule has 0 radical (unpaired) electrons. The molecule has 0 amide bonds. The molecule has 0 spiro atoms. The summed E-state index contributed by atoms with van der Waals surface area (Å²) in [5.41, 5.74) is 3.32. The van der Waals surface area contributed by atoms with Crippen molar-refractivity contribution < 1.29 is 0 Å². The zero-order chi connectivity index (χ0) is 14.4. The van der Waals surface area contributed by atoms with E-state index in [9.17, 15) is 4.79 Å². The molecule has 4 rings (SSSR count). The van der Waals surface area contributed by atoms with E-state index in [0.29, 0.717) is 5.82 Å². The highest BCUT2D eigenvalue weighted by molar-refractivity contribution is 5.79. The zero-order valence-corrected chi connectivity index (χ0v) is 11.2. The van der Waals surface area contributed by atoms with Crippen molar-refractivity contribution >= 4 is 11.0 Å². The zero-order valence-electron chi connectivity index (χ0n) is 11.2. The monoisotopic (exact) mass is 280 g/mol. The van der Waals surface area contributed by atoms with Gasteiger partial charge in [-0.25, -0.2) is 14.8 Å². The van der Waals surface area contributed by atoms with Crippen LogP contribution in [0.2, 0.25) is 0 Å². The number of aryl methyl sites for hydroxylation is 1. The van der Waals surface area contributed by atoms with E-state index in [-0.39, 0.29) is 5.69 Å². The van der Waals surface area contributed by atoms with Crippen LogP contribution in [-0.2, 0) is 0 Å². The van der Waals surface area contributed by atoms with Gasteiger partial charge >= 0.3 is 5.69 Å². The van der Waals surface area contributed by atoms with Gasteiger partial charge in [-0.05, 0) is 24.6 Å². The van der Waals surface area contributed by atoms with Crippen LogP contribution in [0.15, 0.2) is 41.7 Å². The smallest absolute Gasteiger partial charge is 0.323 e. The number of aromatic nitrogens is 6. The molecule has 7 nitrogen and oxygen atoms in total. The number of benzene rings is 1. The second-order valence-electron chi connectivity index (χ2n) is 4.82. The third kappa shape index (κ3) is 1.78. The quantitative estimate of drug-likeness (QED) is 0.522. The first-order valence-corrected chi connectivity index (χ1v) is 6.48. The molecule has 4 aromatic rings. The Hall–Kier alpha value is -3.09. The van der Waals surface area contributed by atoms with Crippen molar-refractivity contribution in [1.29, 1.82) is 0 Å². The van der Waals surface area contributed by atoms with E-state index >= 15 is 0 Å². The molecule has 0 saturated carbocycles. The van der Waals surface area contributed by atoms with Crippen molar-refractivity contribution in [2.45, 2.75) is 6.92 Å². The molecule has 21 heavy (non-hydrogen) atoms. The van der Waals surface area contributed by atoms with Gasteiger partial charge in [0.25, 0.3) is 0 Å². The maximum absolute atomic E-state index is 11.4. The van der Waals surface area contributed by atoms with Crippen molar-refractivity contribution in [2.75, 3.05) is 0 Å². The van der Waals surface area contributed by atoms with Crippen LogP contribution in [0.1, 0.15) is 5.56 Å². The van der Waals surface area contributed by atoms with Crippen LogP contribution in [0.4, 0.5) is 0 Å². The Balaban J connectivity index is 1.97. The minimum Gasteiger partial charge on any atom is -0.342 e. The Morgan fingerprint density at radius 1 is 1.10 bits per heavy atom. The van der Waals surface area contributed by atoms with Gasteiger partial charge < -0.3 is 15.0 Å². The summed E-state index contributed by atoms with van der Waals surface area (Å²) in [4.78, 5) is 28.6. The first kappa shape index (κ1) is 11.7. The minimum absolute atomic E-state index is 0.210. The van der Waals surface area contributed by atoms with Crippen LogP contribution < -0.4 is 5.69 Å². The number of hydrogen-bond donors (Lipinski definition) is 3. The highest BCUT2D eigenvalue weighted by Gasteiger charge is 2.12. The highest BCUT2D eigenvalue weighted by Crippen LogP contribution is 2.23. The minimum atomic E-state index is -0.210. The third-order valence-electron chi connectivity index (χ3n) is 3.44. The molecule has 0 aliphatic heterocycles. The molecule has 1 aromatic carbocycles. The molecule has 7 heteroatoms. The summed E-state index contributed by atoms with van der Waals surface area (Å²) in [5, 5.41) is 0. The van der Waals surface area contributed by atoms with Crippen molar-refractivity contribution in [1.82, 2.24) is 29.5 Å². The first-order valence-electron chi connectivity index (χ1n) is 6.48. The molecule has 3 heterocycles. The van der Waals surface area contributed by atoms with Crippen molar-refractivity contribution in [3.8, 4) is 17.3 Å². The summed E-state index contributed by atoms with van der Waals surface area (Å²) < 4.78 is 1.94. The van der Waals surface area contributed by atoms with Gasteiger partial charge in [-0.2, -0.15) is 0 Å². The van der Waals surface area contributed by atoms with Crippen LogP contribution in [0.25, 0.3) is 28.4 Å². The highest BCUT2D eigenvalue weighted by atomic mass is 16.1. The molecule has 0 aliphatic rings. The lowest BCUT2D eigenvalue weighted by Crippen LogP contribution is -2.00. The van der Waals surface area contributed by atoms with Gasteiger partial charge in [0, 0.05) is 24.8 Å². The Kier molecular flexibility index (Phi) is 2.34. The number of aromatic amines is 3. The molecule has 0 bridgehead atoms. The summed E-state index contributed by atoms with van der Waals surface area (Å²) >= 11 is 0. The lowest BCUT2D eigenvalue weighted by molar-refractivity contribution is 1.03. The van der Waals surface area contributed by atoms with E-state index < -0.39 is 0 Å². The van der Waals surface area contributed by atoms with E-state index in [1.54, 1.807) is 18.6 Å². The van der Waals surface area contributed by atoms with E-state index in [1.165, 1.54) is 0 Å². The molecular formula is C14H12N6O. The fourth-order valence-electron chi connectivity index (χ4n) is 2.50. The number of nitrogens with zero attached hydrogens (tertiary/aromatic N) is 3. The maximum Gasteiger partial charge on any atom is 0.323 e. The lowest BCUT2D eigenvalue weighted by atomic mass is 10.1. The molecule has 0 fully saturated rings. The summed E-state index contributed by atoms with van der Waals surface area (Å²) in [7, 11) is 0. The Bertz CT molecular complexity index is 973. The third-order valence-corrected chi connectivity index (χ3v) is 3.44. The van der Waals surface area contributed by atoms with Crippen molar-refractivity contribution in [3.05, 3.63) is 53.0 Å². The number of rotatable bonds is 2. The number of imidazole rings is 3. The van der Waals surface area contributed by atoms with Gasteiger partial charge in [0.1, 0.15) is 0 Å². The number of fused-ring (bicyclic) bond motifs is 1. The van der Waals surface area contributed by atoms with E-state index in [4.69, 9.17) is 0 Å². The summed E-state index contributed by atoms with van der Waals surface area (Å²) in [6.07, 6.45) is 7.04. The number of nitrogens with one attached hydrogen (secondary N) is 3. The number of H-pyrrole nitrogens is 3. The summed E-state index contributed by atoms with van der Waals surface area (Å²) in [5.74, 6) is 1.42. The summed E-state index contributed by atoms with van der Waals surface area (Å²) in [6.45, 7) is 1.99. The lowest BCUT2D eigenvalue weighted by Gasteiger charge is -2.09.